The number of ketones is 1. The van der Waals surface area contributed by atoms with Crippen molar-refractivity contribution in [2.45, 2.75) is 64.8 Å². The van der Waals surface area contributed by atoms with E-state index in [9.17, 15) is 19.2 Å². The molecule has 3 amide bonds. The van der Waals surface area contributed by atoms with Gasteiger partial charge < -0.3 is 20.7 Å². The van der Waals surface area contributed by atoms with Crippen molar-refractivity contribution in [1.29, 1.82) is 0 Å². The van der Waals surface area contributed by atoms with Crippen molar-refractivity contribution in [1.82, 2.24) is 16.0 Å². The summed E-state index contributed by atoms with van der Waals surface area (Å²) >= 11 is 0. The molecule has 0 unspecified atom stereocenters. The number of hydrogen-bond donors (Lipinski definition) is 3. The zero-order valence-electron chi connectivity index (χ0n) is 16.5. The summed E-state index contributed by atoms with van der Waals surface area (Å²) in [6, 6.07) is 0.154. The van der Waals surface area contributed by atoms with Crippen molar-refractivity contribution in [3.8, 4) is 0 Å². The van der Waals surface area contributed by atoms with Crippen LogP contribution in [0.3, 0.4) is 0 Å². The summed E-state index contributed by atoms with van der Waals surface area (Å²) in [6.07, 6.45) is 4.53. The number of rotatable bonds is 12. The normalized spacial score (nSPS) is 19.2. The van der Waals surface area contributed by atoms with Crippen molar-refractivity contribution < 1.29 is 23.9 Å². The Labute approximate surface area is 161 Å². The molecule has 0 aromatic heterocycles. The molecule has 0 spiro atoms. The smallest absolute Gasteiger partial charge is 0.222 e. The second kappa shape index (κ2) is 13.2. The molecule has 0 saturated heterocycles. The van der Waals surface area contributed by atoms with Gasteiger partial charge in [-0.2, -0.15) is 0 Å². The minimum Gasteiger partial charge on any atom is -0.379 e. The SMILES string of the molecule is CCC(=O)[C@H]1CC[C@@H](NC(=O)CCOCCNC(=O)CCNC(C)=O)CC1. The molecule has 0 heterocycles. The molecule has 8 nitrogen and oxygen atoms in total. The zero-order valence-corrected chi connectivity index (χ0v) is 16.5. The van der Waals surface area contributed by atoms with Crippen LogP contribution in [0.2, 0.25) is 0 Å². The van der Waals surface area contributed by atoms with Gasteiger partial charge in [-0.25, -0.2) is 0 Å². The summed E-state index contributed by atoms with van der Waals surface area (Å²) in [5.74, 6) is 0.143. The summed E-state index contributed by atoms with van der Waals surface area (Å²) < 4.78 is 5.36. The molecular weight excluding hydrogens is 350 g/mol. The van der Waals surface area contributed by atoms with Gasteiger partial charge in [0.15, 0.2) is 0 Å². The Balaban J connectivity index is 1.99. The molecule has 1 rings (SSSR count). The van der Waals surface area contributed by atoms with Crippen molar-refractivity contribution in [3.63, 3.8) is 0 Å². The van der Waals surface area contributed by atoms with E-state index in [1.54, 1.807) is 0 Å². The van der Waals surface area contributed by atoms with Crippen LogP contribution in [0.1, 0.15) is 58.8 Å². The maximum atomic E-state index is 11.9. The molecule has 0 radical (unpaired) electrons. The second-order valence-electron chi connectivity index (χ2n) is 6.88. The average Bonchev–Trinajstić information content (AvgIpc) is 2.64. The first kappa shape index (κ1) is 23.1. The van der Waals surface area contributed by atoms with E-state index in [1.807, 2.05) is 6.92 Å². The molecule has 0 atom stereocenters. The van der Waals surface area contributed by atoms with Gasteiger partial charge in [0.2, 0.25) is 17.7 Å². The molecule has 0 aliphatic heterocycles. The van der Waals surface area contributed by atoms with Crippen LogP contribution in [0, 0.1) is 5.92 Å². The highest BCUT2D eigenvalue weighted by molar-refractivity contribution is 5.81. The lowest BCUT2D eigenvalue weighted by Crippen LogP contribution is -2.39. The average molecular weight is 383 g/mol. The number of Topliss-reactive ketones (excluding diaryl/α,β-unsaturated/α-hetero) is 1. The standard InChI is InChI=1S/C19H33N3O5/c1-3-17(24)15-4-6-16(7-5-15)22-19(26)9-12-27-13-11-21-18(25)8-10-20-14(2)23/h15-16H,3-13H2,1-2H3,(H,20,23)(H,21,25)(H,22,26)/t15-,16+. The first-order chi connectivity index (χ1) is 12.9. The van der Waals surface area contributed by atoms with E-state index >= 15 is 0 Å². The maximum absolute atomic E-state index is 11.9. The quantitative estimate of drug-likeness (QED) is 0.429. The highest BCUT2D eigenvalue weighted by atomic mass is 16.5. The first-order valence-corrected chi connectivity index (χ1v) is 9.83. The van der Waals surface area contributed by atoms with Crippen molar-refractivity contribution in [2.75, 3.05) is 26.3 Å². The highest BCUT2D eigenvalue weighted by Gasteiger charge is 2.25. The summed E-state index contributed by atoms with van der Waals surface area (Å²) in [5.41, 5.74) is 0. The third-order valence-electron chi connectivity index (χ3n) is 4.66. The van der Waals surface area contributed by atoms with Crippen LogP contribution in [-0.4, -0.2) is 55.8 Å². The minimum atomic E-state index is -0.160. The number of carbonyl (C=O) groups is 4. The predicted molar refractivity (Wildman–Crippen MR) is 101 cm³/mol. The Morgan fingerprint density at radius 2 is 1.59 bits per heavy atom. The number of carbonyl (C=O) groups excluding carboxylic acids is 4. The van der Waals surface area contributed by atoms with Crippen molar-refractivity contribution in [2.24, 2.45) is 5.92 Å². The molecule has 3 N–H and O–H groups in total. The van der Waals surface area contributed by atoms with Gasteiger partial charge in [-0.15, -0.1) is 0 Å². The van der Waals surface area contributed by atoms with Crippen molar-refractivity contribution in [3.05, 3.63) is 0 Å². The van der Waals surface area contributed by atoms with Gasteiger partial charge in [0.1, 0.15) is 5.78 Å². The third kappa shape index (κ3) is 10.7. The van der Waals surface area contributed by atoms with Gasteiger partial charge in [-0.05, 0) is 25.7 Å². The van der Waals surface area contributed by atoms with Crippen LogP contribution in [-0.2, 0) is 23.9 Å². The number of ether oxygens (including phenoxy) is 1. The lowest BCUT2D eigenvalue weighted by atomic mass is 9.83. The molecule has 154 valence electrons. The topological polar surface area (TPSA) is 114 Å². The number of amides is 3. The first-order valence-electron chi connectivity index (χ1n) is 9.83. The molecule has 8 heteroatoms. The molecule has 1 fully saturated rings. The van der Waals surface area contributed by atoms with Crippen LogP contribution in [0.5, 0.6) is 0 Å². The van der Waals surface area contributed by atoms with Gasteiger partial charge in [0, 0.05) is 51.2 Å². The summed E-state index contributed by atoms with van der Waals surface area (Å²) in [6.45, 7) is 4.63. The molecule has 0 aromatic carbocycles. The second-order valence-corrected chi connectivity index (χ2v) is 6.88. The Kier molecular flexibility index (Phi) is 11.3. The van der Waals surface area contributed by atoms with Gasteiger partial charge >= 0.3 is 0 Å². The third-order valence-corrected chi connectivity index (χ3v) is 4.66. The molecule has 1 aliphatic rings. The Morgan fingerprint density at radius 1 is 0.889 bits per heavy atom. The van der Waals surface area contributed by atoms with E-state index in [1.165, 1.54) is 6.92 Å². The summed E-state index contributed by atoms with van der Waals surface area (Å²) in [7, 11) is 0. The maximum Gasteiger partial charge on any atom is 0.222 e. The molecule has 1 aliphatic carbocycles. The molecule has 27 heavy (non-hydrogen) atoms. The number of nitrogens with one attached hydrogen (secondary N) is 3. The lowest BCUT2D eigenvalue weighted by molar-refractivity contribution is -0.125. The minimum absolute atomic E-state index is 0.0420. The fourth-order valence-electron chi connectivity index (χ4n) is 3.12. The fraction of sp³-hybridized carbons (Fsp3) is 0.789. The van der Waals surface area contributed by atoms with Gasteiger partial charge in [0.25, 0.3) is 0 Å². The molecule has 0 bridgehead atoms. The number of hydrogen-bond acceptors (Lipinski definition) is 5. The zero-order chi connectivity index (χ0) is 20.1. The van der Waals surface area contributed by atoms with E-state index in [-0.39, 0.29) is 42.5 Å². The molecule has 1 saturated carbocycles. The Morgan fingerprint density at radius 3 is 2.22 bits per heavy atom. The summed E-state index contributed by atoms with van der Waals surface area (Å²) in [5, 5.41) is 8.24. The van der Waals surface area contributed by atoms with Crippen LogP contribution < -0.4 is 16.0 Å². The van der Waals surface area contributed by atoms with Crippen LogP contribution in [0.4, 0.5) is 0 Å². The van der Waals surface area contributed by atoms with Crippen LogP contribution >= 0.6 is 0 Å². The van der Waals surface area contributed by atoms with Gasteiger partial charge in [0.05, 0.1) is 13.2 Å². The van der Waals surface area contributed by atoms with E-state index in [0.29, 0.717) is 38.5 Å². The van der Waals surface area contributed by atoms with E-state index in [0.717, 1.165) is 25.7 Å². The molecule has 0 aromatic rings. The highest BCUT2D eigenvalue weighted by Crippen LogP contribution is 2.25. The van der Waals surface area contributed by atoms with Gasteiger partial charge in [-0.3, -0.25) is 19.2 Å². The van der Waals surface area contributed by atoms with Crippen LogP contribution in [0.25, 0.3) is 0 Å². The largest absolute Gasteiger partial charge is 0.379 e. The monoisotopic (exact) mass is 383 g/mol. The van der Waals surface area contributed by atoms with E-state index in [4.69, 9.17) is 4.74 Å². The molecular formula is C19H33N3O5. The Hall–Kier alpha value is -1.96. The van der Waals surface area contributed by atoms with Crippen molar-refractivity contribution >= 4 is 23.5 Å². The predicted octanol–water partition coefficient (Wildman–Crippen LogP) is 0.690. The van der Waals surface area contributed by atoms with E-state index in [2.05, 4.69) is 16.0 Å². The van der Waals surface area contributed by atoms with Crippen LogP contribution in [0.15, 0.2) is 0 Å². The fourth-order valence-corrected chi connectivity index (χ4v) is 3.12. The lowest BCUT2D eigenvalue weighted by Gasteiger charge is -2.28. The van der Waals surface area contributed by atoms with Gasteiger partial charge in [-0.1, -0.05) is 6.92 Å². The summed E-state index contributed by atoms with van der Waals surface area (Å²) in [4.78, 5) is 45.8. The Bertz CT molecular complexity index is 502. The van der Waals surface area contributed by atoms with E-state index < -0.39 is 0 Å².